The Kier molecular flexibility index (Phi) is 35.0. The van der Waals surface area contributed by atoms with E-state index in [9.17, 15) is 0 Å². The van der Waals surface area contributed by atoms with Crippen LogP contribution in [0.4, 0.5) is 0 Å². The average molecular weight is 830 g/mol. The molecule has 0 aliphatic heterocycles. The molecule has 2 heteroatoms. The van der Waals surface area contributed by atoms with E-state index in [1.54, 1.807) is 0 Å². The SMILES string of the molecule is CCCCCCCCCCCCCCCCCC[N+](CCCCCCCCCCCCCCCCCC)(Cc1ccccc1)Cc1ccccc1.[I-]. The number of halogens is 1. The lowest BCUT2D eigenvalue weighted by Crippen LogP contribution is -3.00. The largest absolute Gasteiger partial charge is 1.00 e. The number of quaternary nitrogens is 1. The van der Waals surface area contributed by atoms with Crippen molar-refractivity contribution in [1.82, 2.24) is 0 Å². The number of unbranched alkanes of at least 4 members (excludes halogenated alkanes) is 30. The molecular weight excluding hydrogens is 741 g/mol. The van der Waals surface area contributed by atoms with Crippen LogP contribution in [0.1, 0.15) is 230 Å². The predicted molar refractivity (Wildman–Crippen MR) is 229 cm³/mol. The van der Waals surface area contributed by atoms with Gasteiger partial charge in [0.25, 0.3) is 0 Å². The number of hydrogen-bond acceptors (Lipinski definition) is 0. The van der Waals surface area contributed by atoms with E-state index in [1.165, 1.54) is 247 Å². The molecule has 0 unspecified atom stereocenters. The van der Waals surface area contributed by atoms with Gasteiger partial charge in [-0.15, -0.1) is 0 Å². The Bertz CT molecular complexity index is 879. The molecule has 0 bridgehead atoms. The summed E-state index contributed by atoms with van der Waals surface area (Å²) in [6.45, 7) is 9.61. The molecule has 2 aromatic rings. The predicted octanol–water partition coefficient (Wildman–Crippen LogP) is 13.7. The Morgan fingerprint density at radius 3 is 0.731 bits per heavy atom. The van der Waals surface area contributed by atoms with Crippen molar-refractivity contribution in [3.8, 4) is 0 Å². The van der Waals surface area contributed by atoms with Crippen LogP contribution in [0.3, 0.4) is 0 Å². The van der Waals surface area contributed by atoms with Crippen LogP contribution >= 0.6 is 0 Å². The zero-order chi connectivity index (χ0) is 36.2. The van der Waals surface area contributed by atoms with Crippen LogP contribution in [0.2, 0.25) is 0 Å². The van der Waals surface area contributed by atoms with Crippen molar-refractivity contribution in [1.29, 1.82) is 0 Å². The van der Waals surface area contributed by atoms with Gasteiger partial charge in [-0.3, -0.25) is 0 Å². The minimum absolute atomic E-state index is 0. The maximum Gasteiger partial charge on any atom is 0.105 e. The fourth-order valence-corrected chi connectivity index (χ4v) is 8.42. The normalized spacial score (nSPS) is 11.6. The van der Waals surface area contributed by atoms with Crippen LogP contribution in [-0.4, -0.2) is 17.6 Å². The van der Waals surface area contributed by atoms with Crippen molar-refractivity contribution < 1.29 is 28.5 Å². The lowest BCUT2D eigenvalue weighted by Gasteiger charge is -2.39. The second kappa shape index (κ2) is 37.1. The molecule has 300 valence electrons. The molecule has 0 amide bonds. The van der Waals surface area contributed by atoms with Crippen molar-refractivity contribution >= 4 is 0 Å². The second-order valence-electron chi connectivity index (χ2n) is 16.7. The van der Waals surface area contributed by atoms with Gasteiger partial charge in [0.2, 0.25) is 0 Å². The molecule has 2 aromatic carbocycles. The van der Waals surface area contributed by atoms with Crippen LogP contribution < -0.4 is 24.0 Å². The van der Waals surface area contributed by atoms with Crippen molar-refractivity contribution in [3.63, 3.8) is 0 Å². The van der Waals surface area contributed by atoms with Crippen molar-refractivity contribution in [3.05, 3.63) is 71.8 Å². The summed E-state index contributed by atoms with van der Waals surface area (Å²) in [4.78, 5) is 0. The Balaban J connectivity index is 0.0000135. The molecule has 1 nitrogen and oxygen atoms in total. The standard InChI is InChI=1S/C50H88N.HI/c1-3-5-7-9-11-13-15-17-19-21-23-25-27-29-31-39-45-51(47-49-41-35-33-36-42-49,48-50-43-37-34-38-44-50)46-40-32-30-28-26-24-22-20-18-16-14-12-10-8-6-4-2;/h33-38,41-44H,3-32,39-40,45-48H2,1-2H3;1H/q+1;/p-1. The Labute approximate surface area is 343 Å². The first-order chi connectivity index (χ1) is 25.3. The van der Waals surface area contributed by atoms with Gasteiger partial charge in [0, 0.05) is 11.1 Å². The monoisotopic (exact) mass is 830 g/mol. The highest BCUT2D eigenvalue weighted by atomic mass is 127. The van der Waals surface area contributed by atoms with Crippen LogP contribution in [0.25, 0.3) is 0 Å². The summed E-state index contributed by atoms with van der Waals surface area (Å²) >= 11 is 0. The molecular formula is C50H88IN. The number of nitrogens with zero attached hydrogens (tertiary/aromatic N) is 1. The first-order valence-electron chi connectivity index (χ1n) is 23.2. The van der Waals surface area contributed by atoms with Crippen LogP contribution in [0, 0.1) is 0 Å². The summed E-state index contributed by atoms with van der Waals surface area (Å²) < 4.78 is 1.23. The zero-order valence-electron chi connectivity index (χ0n) is 35.1. The number of hydrogen-bond donors (Lipinski definition) is 0. The number of rotatable bonds is 38. The van der Waals surface area contributed by atoms with Gasteiger partial charge in [-0.25, -0.2) is 0 Å². The lowest BCUT2D eigenvalue weighted by atomic mass is 10.0. The van der Waals surface area contributed by atoms with E-state index in [0.29, 0.717) is 0 Å². The maximum atomic E-state index is 2.37. The molecule has 0 atom stereocenters. The van der Waals surface area contributed by atoms with Crippen molar-refractivity contribution in [2.75, 3.05) is 13.1 Å². The minimum atomic E-state index is 0. The van der Waals surface area contributed by atoms with Gasteiger partial charge in [0.05, 0.1) is 13.1 Å². The third kappa shape index (κ3) is 28.6. The molecule has 0 spiro atoms. The first-order valence-corrected chi connectivity index (χ1v) is 23.2. The van der Waals surface area contributed by atoms with E-state index in [2.05, 4.69) is 74.5 Å². The number of benzene rings is 2. The summed E-state index contributed by atoms with van der Waals surface area (Å²) in [5.41, 5.74) is 3.03. The smallest absolute Gasteiger partial charge is 0.105 e. The average Bonchev–Trinajstić information content (AvgIpc) is 3.15. The summed E-state index contributed by atoms with van der Waals surface area (Å²) in [5.74, 6) is 0. The minimum Gasteiger partial charge on any atom is -1.00 e. The summed E-state index contributed by atoms with van der Waals surface area (Å²) in [5, 5.41) is 0. The quantitative estimate of drug-likeness (QED) is 0.0359. The Hall–Kier alpha value is -0.870. The molecule has 0 N–H and O–H groups in total. The second-order valence-corrected chi connectivity index (χ2v) is 16.7. The van der Waals surface area contributed by atoms with E-state index >= 15 is 0 Å². The molecule has 0 aliphatic rings. The molecule has 2 rings (SSSR count). The van der Waals surface area contributed by atoms with E-state index in [1.807, 2.05) is 0 Å². The van der Waals surface area contributed by atoms with Gasteiger partial charge < -0.3 is 28.5 Å². The van der Waals surface area contributed by atoms with Crippen molar-refractivity contribution in [2.45, 2.75) is 232 Å². The van der Waals surface area contributed by atoms with Gasteiger partial charge in [-0.05, 0) is 25.7 Å². The maximum absolute atomic E-state index is 2.37. The Morgan fingerprint density at radius 1 is 0.288 bits per heavy atom. The Morgan fingerprint density at radius 2 is 0.500 bits per heavy atom. The molecule has 0 radical (unpaired) electrons. The molecule has 0 aliphatic carbocycles. The fraction of sp³-hybridized carbons (Fsp3) is 0.760. The van der Waals surface area contributed by atoms with Gasteiger partial charge in [-0.2, -0.15) is 0 Å². The van der Waals surface area contributed by atoms with Crippen LogP contribution in [0.5, 0.6) is 0 Å². The third-order valence-electron chi connectivity index (χ3n) is 11.7. The fourth-order valence-electron chi connectivity index (χ4n) is 8.42. The molecule has 0 saturated heterocycles. The van der Waals surface area contributed by atoms with E-state index in [0.717, 1.165) is 0 Å². The summed E-state index contributed by atoms with van der Waals surface area (Å²) in [7, 11) is 0. The highest BCUT2D eigenvalue weighted by Gasteiger charge is 2.27. The molecule has 0 fully saturated rings. The summed E-state index contributed by atoms with van der Waals surface area (Å²) in [6, 6.07) is 22.8. The van der Waals surface area contributed by atoms with E-state index < -0.39 is 0 Å². The molecule has 52 heavy (non-hydrogen) atoms. The molecule has 0 aromatic heterocycles. The van der Waals surface area contributed by atoms with Gasteiger partial charge >= 0.3 is 0 Å². The van der Waals surface area contributed by atoms with E-state index in [-0.39, 0.29) is 24.0 Å². The summed E-state index contributed by atoms with van der Waals surface area (Å²) in [6.07, 6.45) is 46.1. The topological polar surface area (TPSA) is 0 Å². The van der Waals surface area contributed by atoms with E-state index in [4.69, 9.17) is 0 Å². The van der Waals surface area contributed by atoms with Crippen molar-refractivity contribution in [2.24, 2.45) is 0 Å². The van der Waals surface area contributed by atoms with Crippen LogP contribution in [0.15, 0.2) is 60.7 Å². The highest BCUT2D eigenvalue weighted by Crippen LogP contribution is 2.25. The lowest BCUT2D eigenvalue weighted by molar-refractivity contribution is -0.954. The zero-order valence-corrected chi connectivity index (χ0v) is 37.2. The van der Waals surface area contributed by atoms with Gasteiger partial charge in [0.1, 0.15) is 13.1 Å². The molecule has 0 heterocycles. The highest BCUT2D eigenvalue weighted by molar-refractivity contribution is 5.15. The molecule has 0 saturated carbocycles. The third-order valence-corrected chi connectivity index (χ3v) is 11.7. The van der Waals surface area contributed by atoms with Crippen LogP contribution in [-0.2, 0) is 13.1 Å². The first kappa shape index (κ1) is 49.1. The van der Waals surface area contributed by atoms with Gasteiger partial charge in [0.15, 0.2) is 0 Å². The van der Waals surface area contributed by atoms with Gasteiger partial charge in [-0.1, -0.05) is 254 Å².